The summed E-state index contributed by atoms with van der Waals surface area (Å²) < 4.78 is 6.49. The van der Waals surface area contributed by atoms with Crippen LogP contribution in [-0.2, 0) is 19.1 Å². The first-order chi connectivity index (χ1) is 18.9. The summed E-state index contributed by atoms with van der Waals surface area (Å²) in [7, 11) is 0. The summed E-state index contributed by atoms with van der Waals surface area (Å²) in [5.41, 5.74) is 0.678. The second-order valence-electron chi connectivity index (χ2n) is 11.8. The molecule has 1 aromatic rings. The minimum atomic E-state index is -1.11. The van der Waals surface area contributed by atoms with Gasteiger partial charge in [-0.2, -0.15) is 0 Å². The molecule has 1 spiro atoms. The maximum atomic E-state index is 14.2. The van der Waals surface area contributed by atoms with Crippen molar-refractivity contribution in [3.63, 3.8) is 0 Å². The Labute approximate surface area is 232 Å². The highest BCUT2D eigenvalue weighted by Crippen LogP contribution is 2.55. The Balaban J connectivity index is 1.41. The van der Waals surface area contributed by atoms with Gasteiger partial charge in [0.25, 0.3) is 0 Å². The van der Waals surface area contributed by atoms with Crippen molar-refractivity contribution in [1.82, 2.24) is 15.1 Å². The highest BCUT2D eigenvalue weighted by Gasteiger charge is 2.72. The van der Waals surface area contributed by atoms with Crippen LogP contribution in [0.2, 0.25) is 0 Å². The Hall–Kier alpha value is -2.71. The van der Waals surface area contributed by atoms with Gasteiger partial charge in [-0.1, -0.05) is 63.0 Å². The standard InChI is InChI=1S/C31H44N4O4/c1-4-17-34(18-5-2)19-20-35-27(29(37)33-22-9-7-6-8-10-22)31-16-15-24(39-31)25(26(31)30(35)38)28(36)32-23-13-11-21(3)12-14-23/h11-16,22,24-27H,4-10,17-20H2,1-3H3,(H,32,36)(H,33,37)/t24-,25-,26-,27-,31-/m0/s1. The average Bonchev–Trinajstić information content (AvgIpc) is 3.56. The van der Waals surface area contributed by atoms with Crippen LogP contribution in [0.5, 0.6) is 0 Å². The fourth-order valence-electron chi connectivity index (χ4n) is 7.11. The zero-order valence-electron chi connectivity index (χ0n) is 23.7. The number of anilines is 1. The SMILES string of the molecule is CCCN(CCC)CCN1C(=O)[C@@H]2[C@@H](C(=O)Nc3ccc(C)cc3)[C@@H]3C=C[C@@]2(O3)[C@@H]1C(=O)NC1CCCCC1. The van der Waals surface area contributed by atoms with Crippen LogP contribution < -0.4 is 10.6 Å². The van der Waals surface area contributed by atoms with Gasteiger partial charge in [-0.05, 0) is 57.8 Å². The first-order valence-electron chi connectivity index (χ1n) is 15.0. The fraction of sp³-hybridized carbons (Fsp3) is 0.645. The summed E-state index contributed by atoms with van der Waals surface area (Å²) in [5, 5.41) is 6.27. The molecule has 0 unspecified atom stereocenters. The Kier molecular flexibility index (Phi) is 8.43. The number of hydrogen-bond acceptors (Lipinski definition) is 5. The van der Waals surface area contributed by atoms with E-state index in [-0.39, 0.29) is 23.8 Å². The molecule has 3 heterocycles. The van der Waals surface area contributed by atoms with Crippen molar-refractivity contribution in [3.8, 4) is 0 Å². The van der Waals surface area contributed by atoms with Gasteiger partial charge >= 0.3 is 0 Å². The summed E-state index contributed by atoms with van der Waals surface area (Å²) in [6.45, 7) is 9.33. The third-order valence-electron chi connectivity index (χ3n) is 8.93. The summed E-state index contributed by atoms with van der Waals surface area (Å²) in [5.74, 6) is -1.94. The monoisotopic (exact) mass is 536 g/mol. The molecule has 8 heteroatoms. The molecule has 8 nitrogen and oxygen atoms in total. The van der Waals surface area contributed by atoms with Crippen LogP contribution in [0.3, 0.4) is 0 Å². The van der Waals surface area contributed by atoms with E-state index < -0.39 is 29.6 Å². The number of carbonyl (C=O) groups excluding carboxylic acids is 3. The van der Waals surface area contributed by atoms with E-state index in [9.17, 15) is 14.4 Å². The number of fused-ring (bicyclic) bond motifs is 1. The van der Waals surface area contributed by atoms with E-state index in [4.69, 9.17) is 4.74 Å². The topological polar surface area (TPSA) is 91.0 Å². The minimum absolute atomic E-state index is 0.124. The number of amides is 3. The number of hydrogen-bond donors (Lipinski definition) is 2. The zero-order chi connectivity index (χ0) is 27.6. The van der Waals surface area contributed by atoms with E-state index in [0.29, 0.717) is 18.8 Å². The maximum absolute atomic E-state index is 14.2. The van der Waals surface area contributed by atoms with E-state index in [1.165, 1.54) is 6.42 Å². The number of benzene rings is 1. The van der Waals surface area contributed by atoms with Crippen LogP contribution in [-0.4, -0.2) is 77.5 Å². The molecule has 1 aromatic carbocycles. The van der Waals surface area contributed by atoms with Crippen LogP contribution >= 0.6 is 0 Å². The van der Waals surface area contributed by atoms with Gasteiger partial charge in [0.1, 0.15) is 11.6 Å². The van der Waals surface area contributed by atoms with E-state index in [1.54, 1.807) is 4.90 Å². The number of aryl methyl sites for hydroxylation is 1. The highest BCUT2D eigenvalue weighted by atomic mass is 16.5. The molecule has 3 fully saturated rings. The van der Waals surface area contributed by atoms with E-state index >= 15 is 0 Å². The normalized spacial score (nSPS) is 29.7. The van der Waals surface area contributed by atoms with E-state index in [1.807, 2.05) is 43.3 Å². The van der Waals surface area contributed by atoms with Crippen molar-refractivity contribution in [2.24, 2.45) is 11.8 Å². The smallest absolute Gasteiger partial charge is 0.246 e. The lowest BCUT2D eigenvalue weighted by Crippen LogP contribution is -2.57. The Morgan fingerprint density at radius 3 is 2.38 bits per heavy atom. The third-order valence-corrected chi connectivity index (χ3v) is 8.93. The molecule has 2 N–H and O–H groups in total. The van der Waals surface area contributed by atoms with E-state index in [2.05, 4.69) is 29.4 Å². The lowest BCUT2D eigenvalue weighted by molar-refractivity contribution is -0.141. The van der Waals surface area contributed by atoms with Crippen molar-refractivity contribution in [2.45, 2.75) is 89.5 Å². The molecule has 3 aliphatic heterocycles. The van der Waals surface area contributed by atoms with Gasteiger partial charge in [0.05, 0.1) is 17.9 Å². The largest absolute Gasteiger partial charge is 0.359 e. The van der Waals surface area contributed by atoms with Crippen molar-refractivity contribution >= 4 is 23.4 Å². The molecule has 212 valence electrons. The lowest BCUT2D eigenvalue weighted by Gasteiger charge is -2.35. The second-order valence-corrected chi connectivity index (χ2v) is 11.8. The molecule has 5 atom stereocenters. The molecule has 2 bridgehead atoms. The first kappa shape index (κ1) is 27.8. The average molecular weight is 537 g/mol. The van der Waals surface area contributed by atoms with Crippen molar-refractivity contribution in [2.75, 3.05) is 31.5 Å². The number of carbonyl (C=O) groups is 3. The fourth-order valence-corrected chi connectivity index (χ4v) is 7.11. The Morgan fingerprint density at radius 1 is 1.03 bits per heavy atom. The predicted molar refractivity (Wildman–Crippen MR) is 151 cm³/mol. The molecular weight excluding hydrogens is 492 g/mol. The molecule has 0 aromatic heterocycles. The third kappa shape index (κ3) is 5.38. The van der Waals surface area contributed by atoms with Gasteiger partial charge in [0.15, 0.2) is 0 Å². The molecular formula is C31H44N4O4. The number of nitrogens with zero attached hydrogens (tertiary/aromatic N) is 2. The quantitative estimate of drug-likeness (QED) is 0.422. The summed E-state index contributed by atoms with van der Waals surface area (Å²) in [4.78, 5) is 45.8. The van der Waals surface area contributed by atoms with Gasteiger partial charge in [0.2, 0.25) is 17.7 Å². The van der Waals surface area contributed by atoms with E-state index in [0.717, 1.165) is 57.2 Å². The number of rotatable bonds is 11. The van der Waals surface area contributed by atoms with Gasteiger partial charge in [0, 0.05) is 24.8 Å². The van der Waals surface area contributed by atoms with Crippen molar-refractivity contribution < 1.29 is 19.1 Å². The maximum Gasteiger partial charge on any atom is 0.246 e. The number of nitrogens with one attached hydrogen (secondary N) is 2. The molecule has 39 heavy (non-hydrogen) atoms. The van der Waals surface area contributed by atoms with Gasteiger partial charge in [-0.25, -0.2) is 0 Å². The molecule has 2 saturated heterocycles. The van der Waals surface area contributed by atoms with Crippen molar-refractivity contribution in [1.29, 1.82) is 0 Å². The molecule has 0 radical (unpaired) electrons. The predicted octanol–water partition coefficient (Wildman–Crippen LogP) is 3.66. The molecule has 1 aliphatic carbocycles. The van der Waals surface area contributed by atoms with Gasteiger partial charge in [-0.3, -0.25) is 14.4 Å². The lowest BCUT2D eigenvalue weighted by atomic mass is 9.74. The van der Waals surface area contributed by atoms with Crippen LogP contribution in [0.15, 0.2) is 36.4 Å². The zero-order valence-corrected chi connectivity index (χ0v) is 23.7. The molecule has 5 rings (SSSR count). The van der Waals surface area contributed by atoms with Crippen LogP contribution in [0.4, 0.5) is 5.69 Å². The Bertz CT molecular complexity index is 1080. The highest BCUT2D eigenvalue weighted by molar-refractivity contribution is 6.02. The van der Waals surface area contributed by atoms with Gasteiger partial charge < -0.3 is 25.2 Å². The summed E-state index contributed by atoms with van der Waals surface area (Å²) in [6.07, 6.45) is 10.7. The summed E-state index contributed by atoms with van der Waals surface area (Å²) in [6, 6.07) is 6.97. The first-order valence-corrected chi connectivity index (χ1v) is 15.0. The number of likely N-dealkylation sites (tertiary alicyclic amines) is 1. The minimum Gasteiger partial charge on any atom is -0.359 e. The second kappa shape index (κ2) is 11.8. The Morgan fingerprint density at radius 2 is 1.72 bits per heavy atom. The van der Waals surface area contributed by atoms with Gasteiger partial charge in [-0.15, -0.1) is 0 Å². The van der Waals surface area contributed by atoms with Crippen molar-refractivity contribution in [3.05, 3.63) is 42.0 Å². The molecule has 3 amide bonds. The molecule has 4 aliphatic rings. The molecule has 1 saturated carbocycles. The van der Waals surface area contributed by atoms with Crippen LogP contribution in [0.25, 0.3) is 0 Å². The summed E-state index contributed by atoms with van der Waals surface area (Å²) >= 11 is 0. The number of ether oxygens (including phenoxy) is 1. The van der Waals surface area contributed by atoms with Crippen LogP contribution in [0.1, 0.15) is 64.4 Å². The van der Waals surface area contributed by atoms with Crippen LogP contribution in [0, 0.1) is 18.8 Å².